The highest BCUT2D eigenvalue weighted by Gasteiger charge is 2.20. The fourth-order valence-corrected chi connectivity index (χ4v) is 3.32. The van der Waals surface area contributed by atoms with Crippen molar-refractivity contribution in [2.45, 2.75) is 6.54 Å². The summed E-state index contributed by atoms with van der Waals surface area (Å²) in [7, 11) is 3.21. The van der Waals surface area contributed by atoms with Gasteiger partial charge in [0.2, 0.25) is 0 Å². The van der Waals surface area contributed by atoms with E-state index in [9.17, 15) is 4.79 Å². The van der Waals surface area contributed by atoms with E-state index in [1.807, 2.05) is 41.3 Å². The summed E-state index contributed by atoms with van der Waals surface area (Å²) >= 11 is 0. The van der Waals surface area contributed by atoms with E-state index in [0.29, 0.717) is 18.0 Å². The molecule has 1 heterocycles. The van der Waals surface area contributed by atoms with Crippen LogP contribution in [0, 0.1) is 0 Å². The third kappa shape index (κ3) is 5.99. The van der Waals surface area contributed by atoms with Crippen LogP contribution >= 0.6 is 0 Å². The van der Waals surface area contributed by atoms with Gasteiger partial charge in [-0.3, -0.25) is 4.90 Å². The topological polar surface area (TPSA) is 54.0 Å². The summed E-state index contributed by atoms with van der Waals surface area (Å²) in [5.41, 5.74) is 2.18. The lowest BCUT2D eigenvalue weighted by Crippen LogP contribution is -2.51. The molecule has 29 heavy (non-hydrogen) atoms. The van der Waals surface area contributed by atoms with Gasteiger partial charge in [-0.05, 0) is 23.3 Å². The van der Waals surface area contributed by atoms with Crippen molar-refractivity contribution in [2.75, 3.05) is 46.9 Å². The van der Waals surface area contributed by atoms with Crippen molar-refractivity contribution >= 4 is 12.1 Å². The third-order valence-electron chi connectivity index (χ3n) is 5.02. The number of hydrogen-bond acceptors (Lipinski definition) is 4. The molecule has 1 N–H and O–H groups in total. The first kappa shape index (κ1) is 20.7. The summed E-state index contributed by atoms with van der Waals surface area (Å²) < 4.78 is 10.6. The Balaban J connectivity index is 1.41. The van der Waals surface area contributed by atoms with Crippen molar-refractivity contribution in [2.24, 2.45) is 0 Å². The predicted octanol–water partition coefficient (Wildman–Crippen LogP) is 3.24. The van der Waals surface area contributed by atoms with Crippen molar-refractivity contribution in [3.63, 3.8) is 0 Å². The van der Waals surface area contributed by atoms with Crippen LogP contribution in [0.4, 0.5) is 4.79 Å². The number of carbonyl (C=O) groups is 1. The lowest BCUT2D eigenvalue weighted by molar-refractivity contribution is 0.146. The van der Waals surface area contributed by atoms with Crippen LogP contribution in [0.15, 0.2) is 54.6 Å². The lowest BCUT2D eigenvalue weighted by atomic mass is 10.2. The zero-order valence-corrected chi connectivity index (χ0v) is 17.1. The predicted molar refractivity (Wildman–Crippen MR) is 115 cm³/mol. The van der Waals surface area contributed by atoms with Crippen LogP contribution in [0.5, 0.6) is 11.5 Å². The van der Waals surface area contributed by atoms with Crippen LogP contribution in [-0.4, -0.2) is 62.8 Å². The monoisotopic (exact) mass is 395 g/mol. The molecule has 6 nitrogen and oxygen atoms in total. The number of nitrogens with zero attached hydrogens (tertiary/aromatic N) is 2. The van der Waals surface area contributed by atoms with E-state index in [1.54, 1.807) is 14.2 Å². The minimum absolute atomic E-state index is 0.0285. The average molecular weight is 396 g/mol. The molecule has 1 fully saturated rings. The maximum Gasteiger partial charge on any atom is 0.317 e. The van der Waals surface area contributed by atoms with Crippen LogP contribution < -0.4 is 14.8 Å². The van der Waals surface area contributed by atoms with Gasteiger partial charge in [0, 0.05) is 39.3 Å². The molecule has 1 aliphatic rings. The number of nitrogens with one attached hydrogen (secondary N) is 1. The smallest absolute Gasteiger partial charge is 0.317 e. The highest BCUT2D eigenvalue weighted by Crippen LogP contribution is 2.27. The number of amides is 2. The maximum absolute atomic E-state index is 12.5. The molecule has 3 rings (SSSR count). The van der Waals surface area contributed by atoms with Gasteiger partial charge in [0.25, 0.3) is 0 Å². The Bertz CT molecular complexity index is 815. The molecule has 2 amide bonds. The molecule has 0 bridgehead atoms. The van der Waals surface area contributed by atoms with E-state index in [-0.39, 0.29) is 6.03 Å². The number of piperazine rings is 1. The minimum Gasteiger partial charge on any atom is -0.493 e. The molecule has 0 aliphatic carbocycles. The highest BCUT2D eigenvalue weighted by molar-refractivity contribution is 5.74. The Labute approximate surface area is 172 Å². The molecule has 0 aromatic heterocycles. The van der Waals surface area contributed by atoms with E-state index in [2.05, 4.69) is 34.5 Å². The second-order valence-corrected chi connectivity index (χ2v) is 6.95. The Hall–Kier alpha value is -2.99. The van der Waals surface area contributed by atoms with E-state index >= 15 is 0 Å². The standard InChI is InChI=1S/C23H29N3O3/c1-28-21-11-10-20(17-22(21)29-2)18-24-23(27)26-15-13-25(14-16-26)12-6-9-19-7-4-3-5-8-19/h3-11,17H,12-16,18H2,1-2H3,(H,24,27)/b9-6+. The summed E-state index contributed by atoms with van der Waals surface area (Å²) in [6.07, 6.45) is 4.32. The van der Waals surface area contributed by atoms with E-state index in [4.69, 9.17) is 9.47 Å². The summed E-state index contributed by atoms with van der Waals surface area (Å²) in [5, 5.41) is 3.00. The molecule has 0 spiro atoms. The third-order valence-corrected chi connectivity index (χ3v) is 5.02. The number of benzene rings is 2. The van der Waals surface area contributed by atoms with Gasteiger partial charge in [-0.2, -0.15) is 0 Å². The fraction of sp³-hybridized carbons (Fsp3) is 0.348. The Kier molecular flexibility index (Phi) is 7.53. The molecule has 0 unspecified atom stereocenters. The summed E-state index contributed by atoms with van der Waals surface area (Å²) in [4.78, 5) is 16.7. The van der Waals surface area contributed by atoms with Gasteiger partial charge < -0.3 is 19.7 Å². The van der Waals surface area contributed by atoms with Gasteiger partial charge in [-0.25, -0.2) is 4.79 Å². The van der Waals surface area contributed by atoms with Crippen LogP contribution in [0.2, 0.25) is 0 Å². The van der Waals surface area contributed by atoms with Gasteiger partial charge in [0.15, 0.2) is 11.5 Å². The molecule has 0 saturated carbocycles. The van der Waals surface area contributed by atoms with Gasteiger partial charge in [-0.15, -0.1) is 0 Å². The van der Waals surface area contributed by atoms with Gasteiger partial charge in [-0.1, -0.05) is 48.6 Å². The first-order chi connectivity index (χ1) is 14.2. The highest BCUT2D eigenvalue weighted by atomic mass is 16.5. The quantitative estimate of drug-likeness (QED) is 0.782. The summed E-state index contributed by atoms with van der Waals surface area (Å²) in [6, 6.07) is 15.9. The molecule has 1 saturated heterocycles. The maximum atomic E-state index is 12.5. The van der Waals surface area contributed by atoms with E-state index in [0.717, 1.165) is 38.3 Å². The van der Waals surface area contributed by atoms with Crippen molar-refractivity contribution in [3.05, 3.63) is 65.7 Å². The Morgan fingerprint density at radius 2 is 1.72 bits per heavy atom. The van der Waals surface area contributed by atoms with Crippen molar-refractivity contribution in [3.8, 4) is 11.5 Å². The second-order valence-electron chi connectivity index (χ2n) is 6.95. The molecular weight excluding hydrogens is 366 g/mol. The zero-order valence-electron chi connectivity index (χ0n) is 17.1. The molecule has 0 radical (unpaired) electrons. The molecule has 154 valence electrons. The van der Waals surface area contributed by atoms with Crippen LogP contribution in [0.25, 0.3) is 6.08 Å². The molecule has 2 aromatic carbocycles. The number of urea groups is 1. The zero-order chi connectivity index (χ0) is 20.5. The number of ether oxygens (including phenoxy) is 2. The lowest BCUT2D eigenvalue weighted by Gasteiger charge is -2.34. The number of carbonyl (C=O) groups excluding carboxylic acids is 1. The molecule has 2 aromatic rings. The van der Waals surface area contributed by atoms with Gasteiger partial charge in [0.05, 0.1) is 14.2 Å². The first-order valence-corrected chi connectivity index (χ1v) is 9.87. The van der Waals surface area contributed by atoms with Crippen LogP contribution in [0.1, 0.15) is 11.1 Å². The molecule has 6 heteroatoms. The minimum atomic E-state index is -0.0285. The van der Waals surface area contributed by atoms with Crippen molar-refractivity contribution in [1.82, 2.24) is 15.1 Å². The second kappa shape index (κ2) is 10.5. The molecular formula is C23H29N3O3. The summed E-state index contributed by atoms with van der Waals surface area (Å²) in [6.45, 7) is 4.58. The Morgan fingerprint density at radius 3 is 2.41 bits per heavy atom. The number of rotatable bonds is 7. The van der Waals surface area contributed by atoms with Gasteiger partial charge >= 0.3 is 6.03 Å². The fourth-order valence-electron chi connectivity index (χ4n) is 3.32. The van der Waals surface area contributed by atoms with E-state index in [1.165, 1.54) is 5.56 Å². The largest absolute Gasteiger partial charge is 0.493 e. The van der Waals surface area contributed by atoms with Crippen molar-refractivity contribution < 1.29 is 14.3 Å². The van der Waals surface area contributed by atoms with Gasteiger partial charge in [0.1, 0.15) is 0 Å². The normalized spacial score (nSPS) is 14.8. The Morgan fingerprint density at radius 1 is 1.00 bits per heavy atom. The average Bonchev–Trinajstić information content (AvgIpc) is 2.78. The molecule has 1 aliphatic heterocycles. The SMILES string of the molecule is COc1ccc(CNC(=O)N2CCN(C/C=C/c3ccccc3)CC2)cc1OC. The van der Waals surface area contributed by atoms with Crippen LogP contribution in [-0.2, 0) is 6.54 Å². The van der Waals surface area contributed by atoms with Crippen molar-refractivity contribution in [1.29, 1.82) is 0 Å². The molecule has 0 atom stereocenters. The summed E-state index contributed by atoms with van der Waals surface area (Å²) in [5.74, 6) is 1.34. The number of hydrogen-bond donors (Lipinski definition) is 1. The van der Waals surface area contributed by atoms with E-state index < -0.39 is 0 Å². The van der Waals surface area contributed by atoms with Crippen LogP contribution in [0.3, 0.4) is 0 Å². The first-order valence-electron chi connectivity index (χ1n) is 9.87. The number of methoxy groups -OCH3 is 2.